The van der Waals surface area contributed by atoms with Crippen molar-refractivity contribution in [1.29, 1.82) is 0 Å². The van der Waals surface area contributed by atoms with Crippen molar-refractivity contribution in [3.63, 3.8) is 0 Å². The molecule has 0 saturated carbocycles. The van der Waals surface area contributed by atoms with Crippen molar-refractivity contribution in [3.8, 4) is 17.0 Å². The number of hydrogen-bond acceptors (Lipinski definition) is 3. The van der Waals surface area contributed by atoms with Gasteiger partial charge in [0.2, 0.25) is 5.88 Å². The summed E-state index contributed by atoms with van der Waals surface area (Å²) in [5, 5.41) is 14.9. The van der Waals surface area contributed by atoms with Crippen LogP contribution in [-0.2, 0) is 6.54 Å². The lowest BCUT2D eigenvalue weighted by molar-refractivity contribution is 0.217. The van der Waals surface area contributed by atoms with Crippen molar-refractivity contribution in [3.05, 3.63) is 35.5 Å². The van der Waals surface area contributed by atoms with E-state index in [9.17, 15) is 5.11 Å². The Morgan fingerprint density at radius 2 is 1.76 bits per heavy atom. The molecule has 112 valence electrons. The molecule has 0 radical (unpaired) electrons. The summed E-state index contributed by atoms with van der Waals surface area (Å²) in [7, 11) is 0. The molecule has 1 fully saturated rings. The van der Waals surface area contributed by atoms with E-state index in [1.165, 1.54) is 32.4 Å². The first-order valence-corrected chi connectivity index (χ1v) is 7.85. The fraction of sp³-hybridized carbons (Fsp3) is 0.438. The van der Waals surface area contributed by atoms with Crippen molar-refractivity contribution in [2.45, 2.75) is 25.8 Å². The summed E-state index contributed by atoms with van der Waals surface area (Å²) in [6, 6.07) is 7.44. The van der Waals surface area contributed by atoms with Crippen LogP contribution in [0.4, 0.5) is 0 Å². The van der Waals surface area contributed by atoms with Crippen LogP contribution in [0.1, 0.15) is 19.3 Å². The first-order chi connectivity index (χ1) is 10.2. The third-order valence-corrected chi connectivity index (χ3v) is 4.24. The molecule has 1 N–H and O–H groups in total. The number of aromatic hydroxyl groups is 1. The fourth-order valence-corrected chi connectivity index (χ4v) is 2.91. The number of hydrogen-bond donors (Lipinski definition) is 1. The first-order valence-electron chi connectivity index (χ1n) is 7.47. The van der Waals surface area contributed by atoms with Crippen LogP contribution in [0.25, 0.3) is 11.1 Å². The molecule has 0 amide bonds. The lowest BCUT2D eigenvalue weighted by Gasteiger charge is -2.26. The van der Waals surface area contributed by atoms with E-state index in [4.69, 9.17) is 11.6 Å². The van der Waals surface area contributed by atoms with Gasteiger partial charge in [0.05, 0.1) is 12.1 Å². The summed E-state index contributed by atoms with van der Waals surface area (Å²) in [6.07, 6.45) is 5.84. The molecule has 5 heteroatoms. The minimum Gasteiger partial charge on any atom is -0.492 e. The summed E-state index contributed by atoms with van der Waals surface area (Å²) in [6.45, 7) is 4.15. The van der Waals surface area contributed by atoms with Crippen LogP contribution >= 0.6 is 11.6 Å². The van der Waals surface area contributed by atoms with E-state index >= 15 is 0 Å². The Balaban J connectivity index is 1.67. The van der Waals surface area contributed by atoms with Crippen LogP contribution in [0, 0.1) is 0 Å². The van der Waals surface area contributed by atoms with Gasteiger partial charge in [0, 0.05) is 17.8 Å². The largest absolute Gasteiger partial charge is 0.492 e. The number of likely N-dealkylation sites (tertiary alicyclic amines) is 1. The van der Waals surface area contributed by atoms with Crippen LogP contribution in [0.2, 0.25) is 5.02 Å². The predicted octanol–water partition coefficient (Wildman–Crippen LogP) is 3.40. The maximum atomic E-state index is 10.0. The summed E-state index contributed by atoms with van der Waals surface area (Å²) in [5.41, 5.74) is 1.69. The molecule has 1 saturated heterocycles. The highest BCUT2D eigenvalue weighted by Crippen LogP contribution is 2.28. The molecule has 1 aromatic carbocycles. The van der Waals surface area contributed by atoms with Gasteiger partial charge in [-0.2, -0.15) is 0 Å². The van der Waals surface area contributed by atoms with Gasteiger partial charge < -0.3 is 10.0 Å². The highest BCUT2D eigenvalue weighted by molar-refractivity contribution is 6.30. The van der Waals surface area contributed by atoms with E-state index in [2.05, 4.69) is 10.00 Å². The Morgan fingerprint density at radius 1 is 1.05 bits per heavy atom. The molecule has 2 heterocycles. The Bertz CT molecular complexity index is 588. The van der Waals surface area contributed by atoms with Crippen LogP contribution < -0.4 is 0 Å². The normalized spacial score (nSPS) is 16.2. The second kappa shape index (κ2) is 6.50. The lowest BCUT2D eigenvalue weighted by Crippen LogP contribution is -2.32. The number of rotatable bonds is 4. The topological polar surface area (TPSA) is 41.3 Å². The van der Waals surface area contributed by atoms with Gasteiger partial charge >= 0.3 is 0 Å². The number of aromatic nitrogens is 2. The minimum atomic E-state index is 0.0796. The second-order valence-electron chi connectivity index (χ2n) is 5.54. The fourth-order valence-electron chi connectivity index (χ4n) is 2.79. The third-order valence-electron chi connectivity index (χ3n) is 3.99. The number of nitrogens with zero attached hydrogens (tertiary/aromatic N) is 3. The summed E-state index contributed by atoms with van der Waals surface area (Å²) in [4.78, 5) is 2.46. The average Bonchev–Trinajstić information content (AvgIpc) is 2.88. The van der Waals surface area contributed by atoms with Crippen LogP contribution in [0.3, 0.4) is 0 Å². The Hall–Kier alpha value is -1.52. The summed E-state index contributed by atoms with van der Waals surface area (Å²) >= 11 is 5.89. The highest BCUT2D eigenvalue weighted by atomic mass is 35.5. The molecular formula is C16H20ClN3O. The van der Waals surface area contributed by atoms with E-state index in [-0.39, 0.29) is 5.88 Å². The quantitative estimate of drug-likeness (QED) is 0.941. The maximum Gasteiger partial charge on any atom is 0.238 e. The van der Waals surface area contributed by atoms with E-state index in [1.54, 1.807) is 0 Å². The van der Waals surface area contributed by atoms with Gasteiger partial charge in [-0.25, -0.2) is 0 Å². The van der Waals surface area contributed by atoms with E-state index in [0.29, 0.717) is 5.02 Å². The molecule has 21 heavy (non-hydrogen) atoms. The number of piperidine rings is 1. The van der Waals surface area contributed by atoms with Gasteiger partial charge in [-0.1, -0.05) is 30.2 Å². The van der Waals surface area contributed by atoms with Crippen molar-refractivity contribution < 1.29 is 5.11 Å². The van der Waals surface area contributed by atoms with E-state index < -0.39 is 0 Å². The molecule has 2 aromatic rings. The van der Waals surface area contributed by atoms with Crippen LogP contribution in [0.5, 0.6) is 5.88 Å². The Morgan fingerprint density at radius 3 is 2.48 bits per heavy atom. The van der Waals surface area contributed by atoms with Crippen molar-refractivity contribution in [2.24, 2.45) is 0 Å². The predicted molar refractivity (Wildman–Crippen MR) is 84.6 cm³/mol. The molecular weight excluding hydrogens is 286 g/mol. The first kappa shape index (κ1) is 14.4. The van der Waals surface area contributed by atoms with Gasteiger partial charge in [0.1, 0.15) is 0 Å². The zero-order valence-electron chi connectivity index (χ0n) is 12.0. The minimum absolute atomic E-state index is 0.0796. The molecule has 4 nitrogen and oxygen atoms in total. The second-order valence-corrected chi connectivity index (χ2v) is 5.98. The zero-order chi connectivity index (χ0) is 14.7. The molecule has 0 spiro atoms. The lowest BCUT2D eigenvalue weighted by atomic mass is 10.1. The SMILES string of the molecule is Oc1nn(CCN2CCCCC2)cc1-c1ccc(Cl)cc1. The summed E-state index contributed by atoms with van der Waals surface area (Å²) in [5.74, 6) is 0.0796. The molecule has 1 aliphatic heterocycles. The maximum absolute atomic E-state index is 10.0. The van der Waals surface area contributed by atoms with Crippen molar-refractivity contribution in [1.82, 2.24) is 14.7 Å². The van der Waals surface area contributed by atoms with Crippen LogP contribution in [-0.4, -0.2) is 39.4 Å². The third kappa shape index (κ3) is 3.57. The van der Waals surface area contributed by atoms with Crippen molar-refractivity contribution >= 4 is 11.6 Å². The Labute approximate surface area is 130 Å². The van der Waals surface area contributed by atoms with E-state index in [1.807, 2.05) is 35.1 Å². The van der Waals surface area contributed by atoms with Gasteiger partial charge in [0.15, 0.2) is 0 Å². The summed E-state index contributed by atoms with van der Waals surface area (Å²) < 4.78 is 1.83. The van der Waals surface area contributed by atoms with Crippen LogP contribution in [0.15, 0.2) is 30.5 Å². The molecule has 0 aliphatic carbocycles. The zero-order valence-corrected chi connectivity index (χ0v) is 12.8. The number of benzene rings is 1. The number of halogens is 1. The average molecular weight is 306 g/mol. The molecule has 0 unspecified atom stereocenters. The Kier molecular flexibility index (Phi) is 4.46. The molecule has 3 rings (SSSR count). The highest BCUT2D eigenvalue weighted by Gasteiger charge is 2.12. The van der Waals surface area contributed by atoms with Gasteiger partial charge in [0.25, 0.3) is 0 Å². The molecule has 0 bridgehead atoms. The van der Waals surface area contributed by atoms with E-state index in [0.717, 1.165) is 24.2 Å². The van der Waals surface area contributed by atoms with Gasteiger partial charge in [-0.3, -0.25) is 4.68 Å². The smallest absolute Gasteiger partial charge is 0.238 e. The molecule has 1 aromatic heterocycles. The monoisotopic (exact) mass is 305 g/mol. The van der Waals surface area contributed by atoms with Gasteiger partial charge in [-0.05, 0) is 43.6 Å². The van der Waals surface area contributed by atoms with Crippen molar-refractivity contribution in [2.75, 3.05) is 19.6 Å². The standard InChI is InChI=1S/C16H20ClN3O/c17-14-6-4-13(5-7-14)15-12-20(18-16(15)21)11-10-19-8-2-1-3-9-19/h4-7,12H,1-3,8-11H2,(H,18,21). The molecule has 0 atom stereocenters. The molecule has 1 aliphatic rings. The van der Waals surface area contributed by atoms with Gasteiger partial charge in [-0.15, -0.1) is 5.10 Å².